The quantitative estimate of drug-likeness (QED) is 0.575. The molecule has 0 saturated heterocycles. The summed E-state index contributed by atoms with van der Waals surface area (Å²) in [6, 6.07) is 17.8. The van der Waals surface area contributed by atoms with Gasteiger partial charge in [-0.2, -0.15) is 0 Å². The molecule has 0 fully saturated rings. The molecule has 2 aliphatic heterocycles. The molecule has 2 aliphatic rings. The van der Waals surface area contributed by atoms with Crippen molar-refractivity contribution in [2.24, 2.45) is 0 Å². The third kappa shape index (κ3) is 3.34. The molecule has 0 aliphatic carbocycles. The molecule has 144 valence electrons. The first-order valence-corrected chi connectivity index (χ1v) is 9.67. The Hall–Kier alpha value is -2.92. The molecule has 0 spiro atoms. The van der Waals surface area contributed by atoms with Gasteiger partial charge in [0.15, 0.2) is 0 Å². The van der Waals surface area contributed by atoms with Crippen LogP contribution in [-0.2, 0) is 27.3 Å². The van der Waals surface area contributed by atoms with Crippen molar-refractivity contribution >= 4 is 17.4 Å². The lowest BCUT2D eigenvalue weighted by Gasteiger charge is -2.31. The van der Waals surface area contributed by atoms with Gasteiger partial charge >= 0.3 is 0 Å². The van der Waals surface area contributed by atoms with Crippen LogP contribution in [0, 0.1) is 0 Å². The van der Waals surface area contributed by atoms with E-state index in [0.29, 0.717) is 37.4 Å². The summed E-state index contributed by atoms with van der Waals surface area (Å²) in [5.74, 6) is -0.402. The van der Waals surface area contributed by atoms with E-state index in [0.717, 1.165) is 18.5 Å². The number of ether oxygens (including phenoxy) is 1. The Kier molecular flexibility index (Phi) is 5.26. The van der Waals surface area contributed by atoms with Crippen LogP contribution in [0.3, 0.4) is 0 Å². The van der Waals surface area contributed by atoms with Gasteiger partial charge in [0.1, 0.15) is 5.70 Å². The minimum Gasteiger partial charge on any atom is -0.385 e. The van der Waals surface area contributed by atoms with Crippen LogP contribution in [0.15, 0.2) is 60.3 Å². The standard InChI is InChI=1S/C23H24N2O3/c1-28-15-7-13-25-22(26)20(18-9-3-2-4-10-18)21(23(25)27)24-14-12-17-8-5-6-11-19(17)16-24/h2-6,8-11H,7,12-16H2,1H3. The summed E-state index contributed by atoms with van der Waals surface area (Å²) in [5, 5.41) is 0. The summed E-state index contributed by atoms with van der Waals surface area (Å²) in [5.41, 5.74) is 4.37. The van der Waals surface area contributed by atoms with E-state index in [9.17, 15) is 9.59 Å². The molecule has 0 unspecified atom stereocenters. The Morgan fingerprint density at radius 2 is 1.64 bits per heavy atom. The number of amides is 2. The van der Waals surface area contributed by atoms with E-state index >= 15 is 0 Å². The van der Waals surface area contributed by atoms with E-state index in [1.807, 2.05) is 42.5 Å². The Labute approximate surface area is 165 Å². The first-order valence-electron chi connectivity index (χ1n) is 9.67. The maximum Gasteiger partial charge on any atom is 0.277 e. The van der Waals surface area contributed by atoms with Crippen LogP contribution in [0.5, 0.6) is 0 Å². The normalized spacial score (nSPS) is 16.8. The predicted molar refractivity (Wildman–Crippen MR) is 107 cm³/mol. The average Bonchev–Trinajstić information content (AvgIpc) is 2.99. The van der Waals surface area contributed by atoms with Gasteiger partial charge in [0, 0.05) is 33.4 Å². The first kappa shape index (κ1) is 18.4. The zero-order chi connectivity index (χ0) is 19.5. The number of hydrogen-bond donors (Lipinski definition) is 0. The lowest BCUT2D eigenvalue weighted by atomic mass is 9.98. The summed E-state index contributed by atoms with van der Waals surface area (Å²) >= 11 is 0. The van der Waals surface area contributed by atoms with Crippen LogP contribution in [-0.4, -0.2) is 48.4 Å². The van der Waals surface area contributed by atoms with E-state index in [-0.39, 0.29) is 11.8 Å². The third-order valence-corrected chi connectivity index (χ3v) is 5.38. The van der Waals surface area contributed by atoms with E-state index < -0.39 is 0 Å². The van der Waals surface area contributed by atoms with Gasteiger partial charge in [0.25, 0.3) is 11.8 Å². The molecule has 0 aromatic heterocycles. The van der Waals surface area contributed by atoms with Crippen LogP contribution in [0.4, 0.5) is 0 Å². The van der Waals surface area contributed by atoms with Gasteiger partial charge in [-0.3, -0.25) is 14.5 Å². The third-order valence-electron chi connectivity index (χ3n) is 5.38. The molecule has 2 aromatic rings. The fraction of sp³-hybridized carbons (Fsp3) is 0.304. The monoisotopic (exact) mass is 376 g/mol. The smallest absolute Gasteiger partial charge is 0.277 e. The highest BCUT2D eigenvalue weighted by Gasteiger charge is 2.41. The number of hydrogen-bond acceptors (Lipinski definition) is 4. The highest BCUT2D eigenvalue weighted by atomic mass is 16.5. The molecule has 5 heteroatoms. The van der Waals surface area contributed by atoms with Crippen LogP contribution in [0.1, 0.15) is 23.1 Å². The molecule has 5 nitrogen and oxygen atoms in total. The summed E-state index contributed by atoms with van der Waals surface area (Å²) < 4.78 is 5.09. The fourth-order valence-electron chi connectivity index (χ4n) is 3.98. The number of carbonyl (C=O) groups excluding carboxylic acids is 2. The van der Waals surface area contributed by atoms with Gasteiger partial charge < -0.3 is 9.64 Å². The van der Waals surface area contributed by atoms with Crippen LogP contribution < -0.4 is 0 Å². The molecular weight excluding hydrogens is 352 g/mol. The summed E-state index contributed by atoms with van der Waals surface area (Å²) in [7, 11) is 1.62. The van der Waals surface area contributed by atoms with Gasteiger partial charge in [-0.15, -0.1) is 0 Å². The topological polar surface area (TPSA) is 49.9 Å². The molecule has 2 heterocycles. The summed E-state index contributed by atoms with van der Waals surface area (Å²) in [4.78, 5) is 29.9. The van der Waals surface area contributed by atoms with Crippen molar-refractivity contribution in [2.75, 3.05) is 26.8 Å². The second kappa shape index (κ2) is 7.98. The van der Waals surface area contributed by atoms with Crippen LogP contribution >= 0.6 is 0 Å². The molecule has 28 heavy (non-hydrogen) atoms. The molecule has 0 bridgehead atoms. The van der Waals surface area contributed by atoms with Crippen molar-refractivity contribution in [1.82, 2.24) is 9.80 Å². The van der Waals surface area contributed by atoms with E-state index in [1.54, 1.807) is 7.11 Å². The molecule has 2 aromatic carbocycles. The first-order chi connectivity index (χ1) is 13.7. The summed E-state index contributed by atoms with van der Waals surface area (Å²) in [6.45, 7) is 2.26. The van der Waals surface area contributed by atoms with Crippen molar-refractivity contribution in [1.29, 1.82) is 0 Å². The molecule has 2 amide bonds. The number of methoxy groups -OCH3 is 1. The highest BCUT2D eigenvalue weighted by Crippen LogP contribution is 2.34. The second-order valence-corrected chi connectivity index (χ2v) is 7.14. The van der Waals surface area contributed by atoms with Gasteiger partial charge in [-0.25, -0.2) is 0 Å². The molecule has 0 saturated carbocycles. The zero-order valence-electron chi connectivity index (χ0n) is 16.1. The average molecular weight is 376 g/mol. The number of fused-ring (bicyclic) bond motifs is 1. The van der Waals surface area contributed by atoms with Crippen molar-refractivity contribution < 1.29 is 14.3 Å². The van der Waals surface area contributed by atoms with Gasteiger partial charge in [0.2, 0.25) is 0 Å². The second-order valence-electron chi connectivity index (χ2n) is 7.14. The van der Waals surface area contributed by atoms with Crippen LogP contribution in [0.25, 0.3) is 5.57 Å². The largest absolute Gasteiger partial charge is 0.385 e. The van der Waals surface area contributed by atoms with E-state index in [2.05, 4.69) is 17.0 Å². The van der Waals surface area contributed by atoms with Crippen LogP contribution in [0.2, 0.25) is 0 Å². The Morgan fingerprint density at radius 3 is 2.39 bits per heavy atom. The zero-order valence-corrected chi connectivity index (χ0v) is 16.1. The van der Waals surface area contributed by atoms with Crippen molar-refractivity contribution in [3.63, 3.8) is 0 Å². The highest BCUT2D eigenvalue weighted by molar-refractivity contribution is 6.35. The molecular formula is C23H24N2O3. The van der Waals surface area contributed by atoms with Gasteiger partial charge in [-0.1, -0.05) is 54.6 Å². The van der Waals surface area contributed by atoms with Crippen molar-refractivity contribution in [3.8, 4) is 0 Å². The van der Waals surface area contributed by atoms with E-state index in [1.165, 1.54) is 16.0 Å². The lowest BCUT2D eigenvalue weighted by molar-refractivity contribution is -0.137. The predicted octanol–water partition coefficient (Wildman–Crippen LogP) is 2.86. The number of rotatable bonds is 6. The molecule has 0 radical (unpaired) electrons. The summed E-state index contributed by atoms with van der Waals surface area (Å²) in [6.07, 6.45) is 1.50. The Morgan fingerprint density at radius 1 is 0.929 bits per heavy atom. The SMILES string of the molecule is COCCCN1C(=O)C(c2ccccc2)=C(N2CCc3ccccc3C2)C1=O. The van der Waals surface area contributed by atoms with Gasteiger partial charge in [0.05, 0.1) is 5.57 Å². The number of benzene rings is 2. The fourth-order valence-corrected chi connectivity index (χ4v) is 3.98. The number of imide groups is 1. The van der Waals surface area contributed by atoms with Crippen molar-refractivity contribution in [2.45, 2.75) is 19.4 Å². The number of carbonyl (C=O) groups is 2. The minimum atomic E-state index is -0.207. The maximum absolute atomic E-state index is 13.3. The number of nitrogens with zero attached hydrogens (tertiary/aromatic N) is 2. The van der Waals surface area contributed by atoms with Gasteiger partial charge in [-0.05, 0) is 29.5 Å². The molecule has 0 N–H and O–H groups in total. The minimum absolute atomic E-state index is 0.195. The Balaban J connectivity index is 1.71. The molecule has 0 atom stereocenters. The van der Waals surface area contributed by atoms with E-state index in [4.69, 9.17) is 4.74 Å². The maximum atomic E-state index is 13.3. The lowest BCUT2D eigenvalue weighted by Crippen LogP contribution is -2.38. The molecule has 4 rings (SSSR count). The van der Waals surface area contributed by atoms with Crippen molar-refractivity contribution in [3.05, 3.63) is 77.0 Å². The Bertz CT molecular complexity index is 920.